The topological polar surface area (TPSA) is 51.8 Å². The summed E-state index contributed by atoms with van der Waals surface area (Å²) in [5.74, 6) is 9.02. The molecule has 0 fully saturated rings. The van der Waals surface area contributed by atoms with Gasteiger partial charge in [-0.3, -0.25) is 0 Å². The maximum atomic E-state index is 6.27. The van der Waals surface area contributed by atoms with E-state index in [1.165, 1.54) is 16.7 Å². The van der Waals surface area contributed by atoms with Gasteiger partial charge in [-0.15, -0.1) is 18.2 Å². The van der Waals surface area contributed by atoms with Gasteiger partial charge in [-0.2, -0.15) is 0 Å². The quantitative estimate of drug-likeness (QED) is 0.113. The van der Waals surface area contributed by atoms with Crippen molar-refractivity contribution in [3.8, 4) is 33.8 Å². The SMILES string of the molecule is CC(C)C(C)c1ccnc(-c2[c-]ccc3c2oc2nc(-c4ccccc4)ccc23)c1.Cc1c[c-]c(-c2cc(CC(C)C)[c]([Ge]([CH3])([CH3])[CH3])cn2)cc1.[Ir]. The monoisotopic (exact) mass is 926 g/mol. The normalized spacial score (nSPS) is 12.1. The Kier molecular flexibility index (Phi) is 12.7. The zero-order valence-corrected chi connectivity index (χ0v) is 36.3. The molecule has 0 spiro atoms. The van der Waals surface area contributed by atoms with Crippen LogP contribution in [0.5, 0.6) is 0 Å². The van der Waals surface area contributed by atoms with Crippen molar-refractivity contribution in [2.24, 2.45) is 11.8 Å². The largest absolute Gasteiger partial charge is 0 e. The van der Waals surface area contributed by atoms with Crippen LogP contribution in [-0.4, -0.2) is 28.2 Å². The minimum absolute atomic E-state index is 0. The van der Waals surface area contributed by atoms with Gasteiger partial charge in [0.15, 0.2) is 0 Å². The summed E-state index contributed by atoms with van der Waals surface area (Å²) >= 11 is -1.87. The van der Waals surface area contributed by atoms with Gasteiger partial charge in [-0.25, -0.2) is 4.98 Å². The second kappa shape index (κ2) is 16.8. The minimum atomic E-state index is -1.87. The summed E-state index contributed by atoms with van der Waals surface area (Å²) in [6.07, 6.45) is 5.16. The van der Waals surface area contributed by atoms with Crippen LogP contribution in [0.2, 0.25) is 17.3 Å². The molecular formula is C46H49GeIrN3O-2. The van der Waals surface area contributed by atoms with Crippen molar-refractivity contribution in [1.29, 1.82) is 0 Å². The number of aryl methyl sites for hydroxylation is 1. The Morgan fingerprint density at radius 1 is 0.769 bits per heavy atom. The maximum absolute atomic E-state index is 6.27. The molecule has 0 aliphatic rings. The number of hydrogen-bond acceptors (Lipinski definition) is 4. The Morgan fingerprint density at radius 3 is 2.21 bits per heavy atom. The van der Waals surface area contributed by atoms with Crippen molar-refractivity contribution in [3.05, 3.63) is 132 Å². The molecule has 7 rings (SSSR count). The molecule has 0 N–H and O–H groups in total. The van der Waals surface area contributed by atoms with Gasteiger partial charge in [0.05, 0.1) is 11.3 Å². The Morgan fingerprint density at radius 2 is 1.54 bits per heavy atom. The molecule has 52 heavy (non-hydrogen) atoms. The van der Waals surface area contributed by atoms with Gasteiger partial charge >= 0.3 is 132 Å². The van der Waals surface area contributed by atoms with E-state index in [4.69, 9.17) is 14.4 Å². The molecule has 4 nitrogen and oxygen atoms in total. The first-order valence-electron chi connectivity index (χ1n) is 18.1. The fourth-order valence-corrected chi connectivity index (χ4v) is 9.76. The van der Waals surface area contributed by atoms with E-state index in [9.17, 15) is 0 Å². The van der Waals surface area contributed by atoms with Crippen LogP contribution in [0.3, 0.4) is 0 Å². The first kappa shape index (κ1) is 39.3. The van der Waals surface area contributed by atoms with Gasteiger partial charge in [0.1, 0.15) is 0 Å². The van der Waals surface area contributed by atoms with Crippen molar-refractivity contribution < 1.29 is 24.5 Å². The molecule has 1 atom stereocenters. The van der Waals surface area contributed by atoms with E-state index in [1.807, 2.05) is 48.7 Å². The number of aromatic nitrogens is 3. The van der Waals surface area contributed by atoms with Crippen LogP contribution in [0.25, 0.3) is 55.8 Å². The number of fused-ring (bicyclic) bond motifs is 3. The molecule has 0 aliphatic heterocycles. The molecule has 0 saturated carbocycles. The van der Waals surface area contributed by atoms with E-state index >= 15 is 0 Å². The fourth-order valence-electron chi connectivity index (χ4n) is 6.42. The molecule has 4 heterocycles. The zero-order valence-electron chi connectivity index (χ0n) is 31.8. The smallest absolute Gasteiger partial charge is 0 e. The first-order valence-corrected chi connectivity index (χ1v) is 25.5. The Balaban J connectivity index is 0.000000210. The van der Waals surface area contributed by atoms with Crippen molar-refractivity contribution in [3.63, 3.8) is 0 Å². The van der Waals surface area contributed by atoms with Crippen molar-refractivity contribution in [2.45, 2.75) is 71.1 Å². The van der Waals surface area contributed by atoms with Crippen LogP contribution < -0.4 is 4.40 Å². The van der Waals surface area contributed by atoms with E-state index in [0.717, 1.165) is 56.5 Å². The summed E-state index contributed by atoms with van der Waals surface area (Å²) in [5.41, 5.74) is 11.3. The van der Waals surface area contributed by atoms with Crippen molar-refractivity contribution >= 4 is 39.7 Å². The van der Waals surface area contributed by atoms with E-state index in [1.54, 1.807) is 4.40 Å². The molecular weight excluding hydrogens is 875 g/mol. The molecule has 269 valence electrons. The van der Waals surface area contributed by atoms with Crippen LogP contribution in [0.4, 0.5) is 0 Å². The predicted octanol–water partition coefficient (Wildman–Crippen LogP) is 11.9. The number of benzene rings is 3. The molecule has 1 unspecified atom stereocenters. The average Bonchev–Trinajstić information content (AvgIpc) is 3.50. The summed E-state index contributed by atoms with van der Waals surface area (Å²) in [6.45, 7) is 13.4. The molecule has 6 heteroatoms. The average molecular weight is 925 g/mol. The third-order valence-electron chi connectivity index (χ3n) is 9.60. The minimum Gasteiger partial charge on any atom is 0 e. The standard InChI is InChI=1S/C27H23N2O.C19H26GeN.Ir/c1-17(2)18(3)20-14-15-28-25(16-20)23-11-7-10-21-22-12-13-24(19-8-5-4-6-9-19)29-27(22)30-26(21)23;1-14(2)11-17-12-19(16-9-7-15(3)8-10-16)21-13-18(17)20(4,5)6;/h4-10,12-18H,1-3H3;7-9,12-14H,11H2,1-6H3;/q2*-1;. The van der Waals surface area contributed by atoms with Crippen molar-refractivity contribution in [2.75, 3.05) is 0 Å². The molecule has 4 aromatic heterocycles. The van der Waals surface area contributed by atoms with E-state index in [0.29, 0.717) is 23.5 Å². The summed E-state index contributed by atoms with van der Waals surface area (Å²) in [5, 5.41) is 2.04. The number of furan rings is 1. The van der Waals surface area contributed by atoms with Gasteiger partial charge in [0.2, 0.25) is 5.71 Å². The summed E-state index contributed by atoms with van der Waals surface area (Å²) in [7, 11) is 0. The van der Waals surface area contributed by atoms with E-state index in [-0.39, 0.29) is 20.1 Å². The molecule has 0 aliphatic carbocycles. The first-order chi connectivity index (χ1) is 24.4. The molecule has 3 aromatic carbocycles. The Bertz CT molecular complexity index is 2250. The van der Waals surface area contributed by atoms with Crippen LogP contribution in [0, 0.1) is 30.9 Å². The van der Waals surface area contributed by atoms with Gasteiger partial charge in [0.25, 0.3) is 0 Å². The second-order valence-corrected chi connectivity index (χ2v) is 26.0. The van der Waals surface area contributed by atoms with Gasteiger partial charge in [0, 0.05) is 37.3 Å². The van der Waals surface area contributed by atoms with E-state index in [2.05, 4.69) is 131 Å². The maximum Gasteiger partial charge on any atom is 0 e. The summed E-state index contributed by atoms with van der Waals surface area (Å²) in [4.78, 5) is 14.1. The van der Waals surface area contributed by atoms with Crippen LogP contribution in [-0.2, 0) is 26.5 Å². The van der Waals surface area contributed by atoms with Gasteiger partial charge in [-0.1, -0.05) is 73.7 Å². The van der Waals surface area contributed by atoms with Gasteiger partial charge < -0.3 is 9.40 Å². The zero-order chi connectivity index (χ0) is 36.3. The molecule has 0 saturated heterocycles. The number of pyridine rings is 3. The Hall–Kier alpha value is -3.90. The number of nitrogens with zero attached hydrogens (tertiary/aromatic N) is 3. The molecule has 0 amide bonds. The van der Waals surface area contributed by atoms with Crippen molar-refractivity contribution in [1.82, 2.24) is 15.0 Å². The third kappa shape index (κ3) is 9.00. The van der Waals surface area contributed by atoms with E-state index < -0.39 is 13.3 Å². The molecule has 0 bridgehead atoms. The molecule has 7 aromatic rings. The number of hydrogen-bond donors (Lipinski definition) is 0. The number of rotatable bonds is 8. The second-order valence-electron chi connectivity index (χ2n) is 15.5. The molecule has 1 radical (unpaired) electrons. The summed E-state index contributed by atoms with van der Waals surface area (Å²) < 4.78 is 7.81. The van der Waals surface area contributed by atoms with Crippen LogP contribution in [0.15, 0.2) is 108 Å². The summed E-state index contributed by atoms with van der Waals surface area (Å²) in [6, 6.07) is 37.8. The van der Waals surface area contributed by atoms with Crippen LogP contribution >= 0.6 is 0 Å². The predicted molar refractivity (Wildman–Crippen MR) is 217 cm³/mol. The fraction of sp³-hybridized carbons (Fsp3) is 0.283. The third-order valence-corrected chi connectivity index (χ3v) is 13.9. The van der Waals surface area contributed by atoms with Crippen LogP contribution in [0.1, 0.15) is 57.2 Å². The Labute approximate surface area is 326 Å². The van der Waals surface area contributed by atoms with Gasteiger partial charge in [-0.05, 0) is 35.7 Å².